The van der Waals surface area contributed by atoms with Crippen LogP contribution in [0.2, 0.25) is 0 Å². The van der Waals surface area contributed by atoms with E-state index in [0.717, 1.165) is 12.8 Å². The van der Waals surface area contributed by atoms with E-state index < -0.39 is 40.3 Å². The zero-order valence-corrected chi connectivity index (χ0v) is 13.4. The largest absolute Gasteiger partial charge is 0.389 e. The molecular formula is C13H25F3N2O2S. The van der Waals surface area contributed by atoms with Crippen molar-refractivity contribution in [3.8, 4) is 0 Å². The number of likely N-dealkylation sites (N-methyl/N-ethyl adjacent to an activating group) is 1. The van der Waals surface area contributed by atoms with Crippen LogP contribution in [0.5, 0.6) is 0 Å². The molecule has 0 radical (unpaired) electrons. The van der Waals surface area contributed by atoms with Gasteiger partial charge in [-0.1, -0.05) is 6.92 Å². The fourth-order valence-electron chi connectivity index (χ4n) is 2.83. The van der Waals surface area contributed by atoms with E-state index in [2.05, 4.69) is 6.92 Å². The van der Waals surface area contributed by atoms with Gasteiger partial charge in [-0.05, 0) is 38.0 Å². The van der Waals surface area contributed by atoms with Crippen LogP contribution in [0.1, 0.15) is 45.4 Å². The molecule has 0 spiro atoms. The van der Waals surface area contributed by atoms with E-state index in [1.54, 1.807) is 0 Å². The molecule has 0 saturated heterocycles. The van der Waals surface area contributed by atoms with Gasteiger partial charge in [0.15, 0.2) is 0 Å². The highest BCUT2D eigenvalue weighted by Crippen LogP contribution is 2.36. The average Bonchev–Trinajstić information content (AvgIpc) is 2.37. The summed E-state index contributed by atoms with van der Waals surface area (Å²) in [6.45, 7) is 2.31. The molecule has 1 saturated carbocycles. The molecule has 2 N–H and O–H groups in total. The molecule has 1 aliphatic carbocycles. The first-order valence-corrected chi connectivity index (χ1v) is 8.87. The molecule has 126 valence electrons. The van der Waals surface area contributed by atoms with Crippen molar-refractivity contribution in [3.63, 3.8) is 0 Å². The summed E-state index contributed by atoms with van der Waals surface area (Å²) in [6.07, 6.45) is -2.70. The van der Waals surface area contributed by atoms with E-state index in [1.807, 2.05) is 0 Å². The summed E-state index contributed by atoms with van der Waals surface area (Å²) in [7, 11) is -2.27. The fraction of sp³-hybridized carbons (Fsp3) is 1.00. The standard InChI is InChI=1S/C13H25F3N2O2S/c1-11-4-7-12(10-17,8-5-11)18(2)21(19,20)9-3-6-13(14,15)16/h11H,3-10,17H2,1-2H3. The van der Waals surface area contributed by atoms with Gasteiger partial charge in [0.1, 0.15) is 0 Å². The Morgan fingerprint density at radius 1 is 1.29 bits per heavy atom. The van der Waals surface area contributed by atoms with Gasteiger partial charge in [-0.15, -0.1) is 0 Å². The minimum atomic E-state index is -4.32. The second kappa shape index (κ2) is 6.83. The normalized spacial score (nSPS) is 28.0. The fourth-order valence-corrected chi connectivity index (χ4v) is 4.46. The number of alkyl halides is 3. The molecule has 0 aromatic rings. The predicted octanol–water partition coefficient (Wildman–Crippen LogP) is 2.50. The number of hydrogen-bond acceptors (Lipinski definition) is 3. The lowest BCUT2D eigenvalue weighted by Gasteiger charge is -2.44. The van der Waals surface area contributed by atoms with Gasteiger partial charge in [0, 0.05) is 25.6 Å². The Hall–Kier alpha value is -0.340. The Kier molecular flexibility index (Phi) is 6.08. The van der Waals surface area contributed by atoms with Crippen LogP contribution in [-0.2, 0) is 10.0 Å². The Balaban J connectivity index is 2.72. The Morgan fingerprint density at radius 2 is 1.81 bits per heavy atom. The zero-order valence-electron chi connectivity index (χ0n) is 12.6. The summed E-state index contributed by atoms with van der Waals surface area (Å²) in [5.41, 5.74) is 5.16. The third-order valence-corrected chi connectivity index (χ3v) is 6.56. The Morgan fingerprint density at radius 3 is 2.24 bits per heavy atom. The first-order chi connectivity index (χ1) is 9.52. The average molecular weight is 330 g/mol. The van der Waals surface area contributed by atoms with Crippen molar-refractivity contribution >= 4 is 10.0 Å². The van der Waals surface area contributed by atoms with E-state index in [-0.39, 0.29) is 6.54 Å². The molecule has 0 aromatic carbocycles. The predicted molar refractivity (Wildman–Crippen MR) is 76.3 cm³/mol. The third kappa shape index (κ3) is 5.10. The molecule has 21 heavy (non-hydrogen) atoms. The van der Waals surface area contributed by atoms with E-state index in [1.165, 1.54) is 11.4 Å². The van der Waals surface area contributed by atoms with Crippen molar-refractivity contribution in [1.82, 2.24) is 4.31 Å². The van der Waals surface area contributed by atoms with E-state index in [9.17, 15) is 21.6 Å². The van der Waals surface area contributed by atoms with E-state index in [0.29, 0.717) is 18.8 Å². The van der Waals surface area contributed by atoms with Crippen molar-refractivity contribution in [2.24, 2.45) is 11.7 Å². The van der Waals surface area contributed by atoms with Crippen molar-refractivity contribution in [2.75, 3.05) is 19.3 Å². The van der Waals surface area contributed by atoms with E-state index >= 15 is 0 Å². The molecule has 1 rings (SSSR count). The van der Waals surface area contributed by atoms with Gasteiger partial charge < -0.3 is 5.73 Å². The first kappa shape index (κ1) is 18.7. The molecule has 0 unspecified atom stereocenters. The lowest BCUT2D eigenvalue weighted by Crippen LogP contribution is -2.56. The summed E-state index contributed by atoms with van der Waals surface area (Å²) >= 11 is 0. The maximum atomic E-state index is 12.3. The van der Waals surface area contributed by atoms with Gasteiger partial charge in [-0.25, -0.2) is 8.42 Å². The lowest BCUT2D eigenvalue weighted by atomic mass is 9.77. The Labute approximate surface area is 124 Å². The van der Waals surface area contributed by atoms with Crippen molar-refractivity contribution in [2.45, 2.75) is 57.2 Å². The molecule has 0 aromatic heterocycles. The number of nitrogens with zero attached hydrogens (tertiary/aromatic N) is 1. The molecule has 0 bridgehead atoms. The first-order valence-electron chi connectivity index (χ1n) is 7.26. The quantitative estimate of drug-likeness (QED) is 0.814. The minimum absolute atomic E-state index is 0.203. The molecule has 4 nitrogen and oxygen atoms in total. The van der Waals surface area contributed by atoms with Crippen LogP contribution < -0.4 is 5.73 Å². The summed E-state index contributed by atoms with van der Waals surface area (Å²) in [5, 5.41) is 0. The molecule has 0 heterocycles. The number of nitrogens with two attached hydrogens (primary N) is 1. The van der Waals surface area contributed by atoms with Crippen LogP contribution in [0.3, 0.4) is 0 Å². The number of rotatable bonds is 6. The Bertz CT molecular complexity index is 429. The molecule has 8 heteroatoms. The summed E-state index contributed by atoms with van der Waals surface area (Å²) in [6, 6.07) is 0. The third-order valence-electron chi connectivity index (χ3n) is 4.53. The lowest BCUT2D eigenvalue weighted by molar-refractivity contribution is -0.134. The summed E-state index contributed by atoms with van der Waals surface area (Å²) in [5.74, 6) is 0.0475. The molecule has 0 aliphatic heterocycles. The molecule has 1 aliphatic rings. The van der Waals surface area contributed by atoms with Crippen LogP contribution in [0, 0.1) is 5.92 Å². The summed E-state index contributed by atoms with van der Waals surface area (Å²) in [4.78, 5) is 0. The van der Waals surface area contributed by atoms with Gasteiger partial charge in [0.2, 0.25) is 10.0 Å². The minimum Gasteiger partial charge on any atom is -0.329 e. The highest BCUT2D eigenvalue weighted by molar-refractivity contribution is 7.89. The van der Waals surface area contributed by atoms with Crippen LogP contribution in [0.15, 0.2) is 0 Å². The molecule has 0 atom stereocenters. The molecular weight excluding hydrogens is 305 g/mol. The maximum Gasteiger partial charge on any atom is 0.389 e. The van der Waals surface area contributed by atoms with Crippen LogP contribution in [0.4, 0.5) is 13.2 Å². The number of hydrogen-bond donors (Lipinski definition) is 1. The van der Waals surface area contributed by atoms with Gasteiger partial charge in [-0.3, -0.25) is 0 Å². The topological polar surface area (TPSA) is 63.4 Å². The van der Waals surface area contributed by atoms with Crippen molar-refractivity contribution < 1.29 is 21.6 Å². The molecule has 0 amide bonds. The van der Waals surface area contributed by atoms with E-state index in [4.69, 9.17) is 5.73 Å². The van der Waals surface area contributed by atoms with Gasteiger partial charge in [-0.2, -0.15) is 17.5 Å². The van der Waals surface area contributed by atoms with Gasteiger partial charge in [0.25, 0.3) is 0 Å². The highest BCUT2D eigenvalue weighted by atomic mass is 32.2. The van der Waals surface area contributed by atoms with Crippen LogP contribution in [0.25, 0.3) is 0 Å². The maximum absolute atomic E-state index is 12.3. The monoisotopic (exact) mass is 330 g/mol. The SMILES string of the molecule is CC1CCC(CN)(N(C)S(=O)(=O)CCCC(F)(F)F)CC1. The van der Waals surface area contributed by atoms with Crippen molar-refractivity contribution in [3.05, 3.63) is 0 Å². The van der Waals surface area contributed by atoms with Gasteiger partial charge in [0.05, 0.1) is 5.75 Å². The smallest absolute Gasteiger partial charge is 0.329 e. The number of halogens is 3. The second-order valence-corrected chi connectivity index (χ2v) is 8.23. The summed E-state index contributed by atoms with van der Waals surface area (Å²) < 4.78 is 62.2. The van der Waals surface area contributed by atoms with Gasteiger partial charge >= 0.3 is 6.18 Å². The zero-order chi connectivity index (χ0) is 16.3. The van der Waals surface area contributed by atoms with Crippen molar-refractivity contribution in [1.29, 1.82) is 0 Å². The molecule has 1 fully saturated rings. The highest BCUT2D eigenvalue weighted by Gasteiger charge is 2.42. The van der Waals surface area contributed by atoms with Crippen LogP contribution in [-0.4, -0.2) is 43.8 Å². The second-order valence-electron chi connectivity index (χ2n) is 6.11. The number of sulfonamides is 1. The van der Waals surface area contributed by atoms with Crippen LogP contribution >= 0.6 is 0 Å².